The van der Waals surface area contributed by atoms with E-state index < -0.39 is 0 Å². The predicted octanol–water partition coefficient (Wildman–Crippen LogP) is 2.61. The lowest BCUT2D eigenvalue weighted by atomic mass is 10.1. The molecule has 0 aliphatic heterocycles. The van der Waals surface area contributed by atoms with E-state index in [4.69, 9.17) is 4.74 Å². The zero-order valence-electron chi connectivity index (χ0n) is 9.96. The van der Waals surface area contributed by atoms with Crippen LogP contribution in [0.25, 0.3) is 0 Å². The molecule has 0 aromatic heterocycles. The highest BCUT2D eigenvalue weighted by atomic mass is 16.5. The summed E-state index contributed by atoms with van der Waals surface area (Å²) in [6, 6.07) is 6.10. The lowest BCUT2D eigenvalue weighted by Gasteiger charge is -1.99. The van der Waals surface area contributed by atoms with Gasteiger partial charge in [-0.05, 0) is 38.0 Å². The fraction of sp³-hybridized carbons (Fsp3) is 0.357. The Bertz CT molecular complexity index is 436. The van der Waals surface area contributed by atoms with Crippen LogP contribution in [0.4, 0.5) is 0 Å². The van der Waals surface area contributed by atoms with Crippen molar-refractivity contribution in [2.45, 2.75) is 27.2 Å². The van der Waals surface area contributed by atoms with Crippen LogP contribution in [0.5, 0.6) is 0 Å². The maximum absolute atomic E-state index is 11.1. The van der Waals surface area contributed by atoms with Crippen LogP contribution in [-0.2, 0) is 9.53 Å². The molecule has 0 aliphatic carbocycles. The second kappa shape index (κ2) is 5.97. The summed E-state index contributed by atoms with van der Waals surface area (Å²) in [6.45, 7) is 6.23. The van der Waals surface area contributed by atoms with Crippen molar-refractivity contribution in [3.63, 3.8) is 0 Å². The average Bonchev–Trinajstić information content (AvgIpc) is 2.23. The monoisotopic (exact) mass is 216 g/mol. The van der Waals surface area contributed by atoms with Gasteiger partial charge in [-0.25, -0.2) is 0 Å². The number of aryl methyl sites for hydroxylation is 2. The molecule has 0 N–H and O–H groups in total. The lowest BCUT2D eigenvalue weighted by Crippen LogP contribution is -2.01. The second-order valence-corrected chi connectivity index (χ2v) is 3.60. The van der Waals surface area contributed by atoms with Crippen molar-refractivity contribution < 1.29 is 9.53 Å². The van der Waals surface area contributed by atoms with Crippen LogP contribution < -0.4 is 0 Å². The molecule has 1 aromatic carbocycles. The van der Waals surface area contributed by atoms with Crippen molar-refractivity contribution in [3.8, 4) is 11.8 Å². The Morgan fingerprint density at radius 1 is 1.38 bits per heavy atom. The molecule has 0 spiro atoms. The summed E-state index contributed by atoms with van der Waals surface area (Å²) in [5, 5.41) is 0. The van der Waals surface area contributed by atoms with Crippen molar-refractivity contribution in [1.29, 1.82) is 0 Å². The highest BCUT2D eigenvalue weighted by Gasteiger charge is 1.97. The summed E-state index contributed by atoms with van der Waals surface area (Å²) in [6.07, 6.45) is 0.154. The van der Waals surface area contributed by atoms with Gasteiger partial charge in [0.1, 0.15) is 6.42 Å². The van der Waals surface area contributed by atoms with Gasteiger partial charge >= 0.3 is 5.97 Å². The van der Waals surface area contributed by atoms with E-state index in [0.717, 1.165) is 11.1 Å². The summed E-state index contributed by atoms with van der Waals surface area (Å²) in [7, 11) is 0. The average molecular weight is 216 g/mol. The molecule has 16 heavy (non-hydrogen) atoms. The third kappa shape index (κ3) is 3.78. The number of ether oxygens (including phenoxy) is 1. The summed E-state index contributed by atoms with van der Waals surface area (Å²) in [5.41, 5.74) is 3.28. The molecule has 0 saturated heterocycles. The number of carbonyl (C=O) groups is 1. The Morgan fingerprint density at radius 2 is 2.12 bits per heavy atom. The first-order valence-corrected chi connectivity index (χ1v) is 5.35. The zero-order valence-corrected chi connectivity index (χ0v) is 9.96. The van der Waals surface area contributed by atoms with Gasteiger partial charge < -0.3 is 4.74 Å². The zero-order chi connectivity index (χ0) is 12.0. The molecule has 0 aliphatic rings. The van der Waals surface area contributed by atoms with Crippen LogP contribution in [0, 0.1) is 25.7 Å². The van der Waals surface area contributed by atoms with E-state index in [1.54, 1.807) is 6.92 Å². The van der Waals surface area contributed by atoms with E-state index >= 15 is 0 Å². The molecule has 0 saturated carbocycles. The SMILES string of the molecule is CCOC(=O)CC#Cc1cc(C)ccc1C. The first-order chi connectivity index (χ1) is 7.63. The molecule has 1 aromatic rings. The number of hydrogen-bond acceptors (Lipinski definition) is 2. The molecule has 2 heteroatoms. The second-order valence-electron chi connectivity index (χ2n) is 3.60. The van der Waals surface area contributed by atoms with Crippen molar-refractivity contribution in [1.82, 2.24) is 0 Å². The van der Waals surface area contributed by atoms with E-state index in [9.17, 15) is 4.79 Å². The lowest BCUT2D eigenvalue weighted by molar-refractivity contribution is -0.141. The summed E-state index contributed by atoms with van der Waals surface area (Å²) in [4.78, 5) is 11.1. The molecular weight excluding hydrogens is 200 g/mol. The maximum atomic E-state index is 11.1. The van der Waals surface area contributed by atoms with Crippen molar-refractivity contribution in [3.05, 3.63) is 34.9 Å². The van der Waals surface area contributed by atoms with Gasteiger partial charge in [-0.3, -0.25) is 4.79 Å². The van der Waals surface area contributed by atoms with Gasteiger partial charge in [-0.1, -0.05) is 24.0 Å². The van der Waals surface area contributed by atoms with E-state index in [0.29, 0.717) is 6.61 Å². The van der Waals surface area contributed by atoms with Gasteiger partial charge in [-0.2, -0.15) is 0 Å². The number of esters is 1. The Morgan fingerprint density at radius 3 is 2.81 bits per heavy atom. The third-order valence-corrected chi connectivity index (χ3v) is 2.15. The number of benzene rings is 1. The van der Waals surface area contributed by atoms with E-state index in [1.807, 2.05) is 32.0 Å². The number of rotatable bonds is 2. The molecular formula is C14H16O2. The fourth-order valence-corrected chi connectivity index (χ4v) is 1.29. The first kappa shape index (κ1) is 12.3. The largest absolute Gasteiger partial charge is 0.465 e. The summed E-state index contributed by atoms with van der Waals surface area (Å²) in [5.74, 6) is 5.56. The Kier molecular flexibility index (Phi) is 4.60. The minimum atomic E-state index is -0.264. The molecule has 0 bridgehead atoms. The van der Waals surface area contributed by atoms with Crippen LogP contribution >= 0.6 is 0 Å². The minimum Gasteiger partial charge on any atom is -0.465 e. The highest BCUT2D eigenvalue weighted by molar-refractivity contribution is 5.72. The maximum Gasteiger partial charge on any atom is 0.317 e. The van der Waals surface area contributed by atoms with Gasteiger partial charge in [0.2, 0.25) is 0 Å². The smallest absolute Gasteiger partial charge is 0.317 e. The van der Waals surface area contributed by atoms with E-state index in [-0.39, 0.29) is 12.4 Å². The van der Waals surface area contributed by atoms with Crippen LogP contribution in [0.15, 0.2) is 18.2 Å². The van der Waals surface area contributed by atoms with Crippen molar-refractivity contribution >= 4 is 5.97 Å². The number of hydrogen-bond donors (Lipinski definition) is 0. The van der Waals surface area contributed by atoms with Gasteiger partial charge in [0.15, 0.2) is 0 Å². The standard InChI is InChI=1S/C14H16O2/c1-4-16-14(15)7-5-6-13-10-11(2)8-9-12(13)3/h8-10H,4,7H2,1-3H3. The molecule has 2 nitrogen and oxygen atoms in total. The van der Waals surface area contributed by atoms with Gasteiger partial charge in [-0.15, -0.1) is 0 Å². The molecule has 0 radical (unpaired) electrons. The minimum absolute atomic E-state index is 0.154. The van der Waals surface area contributed by atoms with Gasteiger partial charge in [0, 0.05) is 5.56 Å². The van der Waals surface area contributed by atoms with Crippen LogP contribution in [0.2, 0.25) is 0 Å². The van der Waals surface area contributed by atoms with E-state index in [1.165, 1.54) is 5.56 Å². The molecule has 0 amide bonds. The Labute approximate surface area is 96.6 Å². The van der Waals surface area contributed by atoms with E-state index in [2.05, 4.69) is 11.8 Å². The summed E-state index contributed by atoms with van der Waals surface area (Å²) >= 11 is 0. The molecule has 0 heterocycles. The first-order valence-electron chi connectivity index (χ1n) is 5.35. The molecule has 0 unspecified atom stereocenters. The Balaban J connectivity index is 2.69. The van der Waals surface area contributed by atoms with Crippen LogP contribution in [0.1, 0.15) is 30.0 Å². The van der Waals surface area contributed by atoms with Crippen molar-refractivity contribution in [2.24, 2.45) is 0 Å². The van der Waals surface area contributed by atoms with Gasteiger partial charge in [0.25, 0.3) is 0 Å². The normalized spacial score (nSPS) is 9.19. The molecule has 1 rings (SSSR count). The Hall–Kier alpha value is -1.75. The van der Waals surface area contributed by atoms with Crippen molar-refractivity contribution in [2.75, 3.05) is 6.61 Å². The van der Waals surface area contributed by atoms with Gasteiger partial charge in [0.05, 0.1) is 6.61 Å². The summed E-state index contributed by atoms with van der Waals surface area (Å²) < 4.78 is 4.79. The molecule has 0 atom stereocenters. The predicted molar refractivity (Wildman–Crippen MR) is 64.0 cm³/mol. The topological polar surface area (TPSA) is 26.3 Å². The molecule has 84 valence electrons. The quantitative estimate of drug-likeness (QED) is 0.561. The molecule has 0 fully saturated rings. The van der Waals surface area contributed by atoms with Crippen LogP contribution in [0.3, 0.4) is 0 Å². The fourth-order valence-electron chi connectivity index (χ4n) is 1.29. The number of carbonyl (C=O) groups excluding carboxylic acids is 1. The third-order valence-electron chi connectivity index (χ3n) is 2.15. The highest BCUT2D eigenvalue weighted by Crippen LogP contribution is 2.08. The van der Waals surface area contributed by atoms with Crippen LogP contribution in [-0.4, -0.2) is 12.6 Å².